The fourth-order valence-electron chi connectivity index (χ4n) is 2.95. The first-order chi connectivity index (χ1) is 12.1. The molecule has 0 amide bonds. The van der Waals surface area contributed by atoms with Crippen molar-refractivity contribution >= 4 is 29.1 Å². The topological polar surface area (TPSA) is 77.2 Å². The van der Waals surface area contributed by atoms with Gasteiger partial charge in [0.1, 0.15) is 0 Å². The van der Waals surface area contributed by atoms with Gasteiger partial charge in [-0.3, -0.25) is 9.59 Å². The van der Waals surface area contributed by atoms with Crippen molar-refractivity contribution in [3.8, 4) is 0 Å². The molecule has 0 saturated carbocycles. The van der Waals surface area contributed by atoms with Crippen molar-refractivity contribution in [3.63, 3.8) is 0 Å². The highest BCUT2D eigenvalue weighted by Gasteiger charge is 2.25. The molecule has 0 unspecified atom stereocenters. The molecular weight excluding hydrogens is 336 g/mol. The number of hydrogen-bond acceptors (Lipinski definition) is 6. The fourth-order valence-corrected chi connectivity index (χ4v) is 3.67. The number of carbonyl (C=O) groups excluding carboxylic acids is 2. The summed E-state index contributed by atoms with van der Waals surface area (Å²) in [5.74, 6) is 1.16. The van der Waals surface area contributed by atoms with Gasteiger partial charge in [-0.15, -0.1) is 5.10 Å². The first-order valence-electron chi connectivity index (χ1n) is 8.10. The van der Waals surface area contributed by atoms with Crippen LogP contribution in [0.5, 0.6) is 0 Å². The molecule has 2 aromatic heterocycles. The molecule has 0 N–H and O–H groups in total. The Morgan fingerprint density at radius 3 is 2.84 bits per heavy atom. The summed E-state index contributed by atoms with van der Waals surface area (Å²) < 4.78 is 1.53. The van der Waals surface area contributed by atoms with E-state index in [0.29, 0.717) is 34.4 Å². The Balaban J connectivity index is 1.55. The Morgan fingerprint density at radius 1 is 1.24 bits per heavy atom. The van der Waals surface area contributed by atoms with E-state index in [1.807, 2.05) is 25.1 Å². The van der Waals surface area contributed by atoms with Crippen LogP contribution in [-0.4, -0.2) is 36.9 Å². The number of fused-ring (bicyclic) bond motifs is 2. The van der Waals surface area contributed by atoms with Crippen molar-refractivity contribution in [1.29, 1.82) is 0 Å². The lowest BCUT2D eigenvalue weighted by atomic mass is 9.88. The number of Topliss-reactive ketones (excluding diaryl/α,β-unsaturated/α-hetero) is 2. The summed E-state index contributed by atoms with van der Waals surface area (Å²) in [7, 11) is 0. The molecule has 0 bridgehead atoms. The van der Waals surface area contributed by atoms with E-state index in [-0.39, 0.29) is 17.3 Å². The number of hydrogen-bond donors (Lipinski definition) is 0. The van der Waals surface area contributed by atoms with Crippen LogP contribution < -0.4 is 0 Å². The minimum absolute atomic E-state index is 0.0284. The SMILES string of the molecule is C[C@H]1CC(=O)c2cn3nc(SCC(=O)c4ccccc4)nc3nc2C1. The Labute approximate surface area is 148 Å². The minimum Gasteiger partial charge on any atom is -0.294 e. The van der Waals surface area contributed by atoms with Gasteiger partial charge >= 0.3 is 0 Å². The fraction of sp³-hybridized carbons (Fsp3) is 0.278. The van der Waals surface area contributed by atoms with Crippen LogP contribution >= 0.6 is 11.8 Å². The number of aromatic nitrogens is 4. The predicted molar refractivity (Wildman–Crippen MR) is 94.1 cm³/mol. The van der Waals surface area contributed by atoms with Crippen molar-refractivity contribution in [2.24, 2.45) is 5.92 Å². The highest BCUT2D eigenvalue weighted by atomic mass is 32.2. The number of benzene rings is 1. The Bertz CT molecular complexity index is 968. The molecule has 7 heteroatoms. The molecule has 0 spiro atoms. The highest BCUT2D eigenvalue weighted by molar-refractivity contribution is 7.99. The lowest BCUT2D eigenvalue weighted by Crippen LogP contribution is -2.20. The van der Waals surface area contributed by atoms with Crippen molar-refractivity contribution < 1.29 is 9.59 Å². The molecule has 126 valence electrons. The maximum atomic E-state index is 12.2. The van der Waals surface area contributed by atoms with E-state index in [2.05, 4.69) is 15.1 Å². The van der Waals surface area contributed by atoms with E-state index >= 15 is 0 Å². The van der Waals surface area contributed by atoms with Gasteiger partial charge < -0.3 is 0 Å². The summed E-state index contributed by atoms with van der Waals surface area (Å²) >= 11 is 1.28. The molecule has 0 aliphatic heterocycles. The molecule has 3 aromatic rings. The van der Waals surface area contributed by atoms with Crippen LogP contribution in [0.1, 0.15) is 39.8 Å². The van der Waals surface area contributed by atoms with Crippen LogP contribution in [0, 0.1) is 5.92 Å². The lowest BCUT2D eigenvalue weighted by Gasteiger charge is -2.18. The zero-order chi connectivity index (χ0) is 17.4. The molecule has 0 saturated heterocycles. The van der Waals surface area contributed by atoms with Crippen molar-refractivity contribution in [2.45, 2.75) is 24.9 Å². The molecule has 1 aliphatic rings. The van der Waals surface area contributed by atoms with E-state index < -0.39 is 0 Å². The van der Waals surface area contributed by atoms with Crippen LogP contribution in [-0.2, 0) is 6.42 Å². The number of ketones is 2. The summed E-state index contributed by atoms with van der Waals surface area (Å²) in [6.07, 6.45) is 3.03. The number of carbonyl (C=O) groups is 2. The van der Waals surface area contributed by atoms with E-state index in [1.54, 1.807) is 18.3 Å². The summed E-state index contributed by atoms with van der Waals surface area (Å²) in [5, 5.41) is 4.83. The van der Waals surface area contributed by atoms with E-state index in [1.165, 1.54) is 16.3 Å². The third-order valence-corrected chi connectivity index (χ3v) is 5.03. The first-order valence-corrected chi connectivity index (χ1v) is 9.09. The lowest BCUT2D eigenvalue weighted by molar-refractivity contribution is 0.0950. The Hall–Kier alpha value is -2.54. The highest BCUT2D eigenvalue weighted by Crippen LogP contribution is 2.25. The van der Waals surface area contributed by atoms with Crippen LogP contribution in [0.4, 0.5) is 0 Å². The second-order valence-corrected chi connectivity index (χ2v) is 7.20. The molecule has 4 rings (SSSR count). The average molecular weight is 352 g/mol. The Morgan fingerprint density at radius 2 is 2.04 bits per heavy atom. The van der Waals surface area contributed by atoms with Crippen molar-refractivity contribution in [2.75, 3.05) is 5.75 Å². The molecular formula is C18H16N4O2S. The zero-order valence-electron chi connectivity index (χ0n) is 13.7. The molecule has 1 aliphatic carbocycles. The van der Waals surface area contributed by atoms with Crippen molar-refractivity contribution in [1.82, 2.24) is 19.6 Å². The van der Waals surface area contributed by atoms with Gasteiger partial charge in [0.25, 0.3) is 5.78 Å². The molecule has 6 nitrogen and oxygen atoms in total. The van der Waals surface area contributed by atoms with Gasteiger partial charge in [-0.2, -0.15) is 4.98 Å². The molecule has 2 heterocycles. The van der Waals surface area contributed by atoms with Crippen molar-refractivity contribution in [3.05, 3.63) is 53.3 Å². The summed E-state index contributed by atoms with van der Waals surface area (Å²) in [4.78, 5) is 33.2. The summed E-state index contributed by atoms with van der Waals surface area (Å²) in [6, 6.07) is 9.15. The van der Waals surface area contributed by atoms with Gasteiger partial charge in [-0.25, -0.2) is 9.50 Å². The second-order valence-electron chi connectivity index (χ2n) is 6.25. The zero-order valence-corrected chi connectivity index (χ0v) is 14.5. The van der Waals surface area contributed by atoms with E-state index in [9.17, 15) is 9.59 Å². The van der Waals surface area contributed by atoms with Crippen LogP contribution in [0.25, 0.3) is 5.78 Å². The number of thioether (sulfide) groups is 1. The maximum absolute atomic E-state index is 12.2. The van der Waals surface area contributed by atoms with Crippen LogP contribution in [0.2, 0.25) is 0 Å². The standard InChI is InChI=1S/C18H16N4O2S/c1-11-7-14-13(15(23)8-11)9-22-17(19-14)20-18(21-22)25-10-16(24)12-5-3-2-4-6-12/h2-6,9,11H,7-8,10H2,1H3/t11-/m1/s1. The number of nitrogens with zero attached hydrogens (tertiary/aromatic N) is 4. The second kappa shape index (κ2) is 6.40. The third-order valence-electron chi connectivity index (χ3n) is 4.20. The van der Waals surface area contributed by atoms with Gasteiger partial charge in [-0.1, -0.05) is 49.0 Å². The van der Waals surface area contributed by atoms with Gasteiger partial charge in [0, 0.05) is 18.2 Å². The summed E-state index contributed by atoms with van der Waals surface area (Å²) in [6.45, 7) is 2.05. The average Bonchev–Trinajstić information content (AvgIpc) is 3.00. The molecule has 0 fully saturated rings. The molecule has 0 radical (unpaired) electrons. The summed E-state index contributed by atoms with van der Waals surface area (Å²) in [5.41, 5.74) is 2.10. The first kappa shape index (κ1) is 16.0. The van der Waals surface area contributed by atoms with Gasteiger partial charge in [0.2, 0.25) is 5.16 Å². The quantitative estimate of drug-likeness (QED) is 0.531. The predicted octanol–water partition coefficient (Wildman–Crippen LogP) is 2.86. The molecule has 25 heavy (non-hydrogen) atoms. The Kier molecular flexibility index (Phi) is 4.09. The number of rotatable bonds is 4. The van der Waals surface area contributed by atoms with E-state index in [0.717, 1.165) is 12.1 Å². The molecule has 1 aromatic carbocycles. The normalized spacial score (nSPS) is 16.8. The van der Waals surface area contributed by atoms with Crippen LogP contribution in [0.3, 0.4) is 0 Å². The largest absolute Gasteiger partial charge is 0.294 e. The smallest absolute Gasteiger partial charge is 0.253 e. The van der Waals surface area contributed by atoms with Crippen LogP contribution in [0.15, 0.2) is 41.7 Å². The third kappa shape index (κ3) is 3.19. The maximum Gasteiger partial charge on any atom is 0.253 e. The van der Waals surface area contributed by atoms with Gasteiger partial charge in [0.05, 0.1) is 17.0 Å². The monoisotopic (exact) mass is 352 g/mol. The van der Waals surface area contributed by atoms with Gasteiger partial charge in [-0.05, 0) is 12.3 Å². The van der Waals surface area contributed by atoms with Gasteiger partial charge in [0.15, 0.2) is 11.6 Å². The minimum atomic E-state index is 0.0284. The molecule has 1 atom stereocenters. The van der Waals surface area contributed by atoms with E-state index in [4.69, 9.17) is 0 Å².